The van der Waals surface area contributed by atoms with Gasteiger partial charge in [0.15, 0.2) is 0 Å². The largest absolute Gasteiger partial charge is 0.396 e. The molecule has 148 valence electrons. The molecule has 0 fully saturated rings. The maximum Gasteiger partial charge on any atom is 0.300 e. The van der Waals surface area contributed by atoms with E-state index >= 15 is 0 Å². The van der Waals surface area contributed by atoms with Crippen LogP contribution in [0.1, 0.15) is 38.2 Å². The average Bonchev–Trinajstić information content (AvgIpc) is 2.72. The summed E-state index contributed by atoms with van der Waals surface area (Å²) in [5, 5.41) is 15.6. The van der Waals surface area contributed by atoms with Gasteiger partial charge in [0.05, 0.1) is 5.52 Å². The zero-order chi connectivity index (χ0) is 20.6. The first-order chi connectivity index (χ1) is 14.1. The highest BCUT2D eigenvalue weighted by Gasteiger charge is 2.07. The van der Waals surface area contributed by atoms with Gasteiger partial charge in [0.25, 0.3) is 5.91 Å². The van der Waals surface area contributed by atoms with Crippen molar-refractivity contribution in [1.29, 1.82) is 0 Å². The molecule has 0 bridgehead atoms. The summed E-state index contributed by atoms with van der Waals surface area (Å²) in [7, 11) is 0. The summed E-state index contributed by atoms with van der Waals surface area (Å²) in [6, 6.07) is 13.7. The van der Waals surface area contributed by atoms with Crippen LogP contribution in [0.5, 0.6) is 0 Å². The lowest BCUT2D eigenvalue weighted by Gasteiger charge is -2.11. The number of hydrogen-bond donors (Lipinski definition) is 3. The van der Waals surface area contributed by atoms with Crippen LogP contribution in [0.3, 0.4) is 0 Å². The number of nitrogens with one attached hydrogen (secondary N) is 2. The van der Waals surface area contributed by atoms with E-state index in [1.807, 2.05) is 24.3 Å². The topological polar surface area (TPSA) is 87.1 Å². The monoisotopic (exact) mass is 388 g/mol. The van der Waals surface area contributed by atoms with E-state index in [-0.39, 0.29) is 6.61 Å². The number of benzene rings is 2. The molecule has 0 saturated carbocycles. The number of nitrogens with zero attached hydrogens (tertiary/aromatic N) is 2. The van der Waals surface area contributed by atoms with Gasteiger partial charge in [-0.3, -0.25) is 4.79 Å². The Morgan fingerprint density at radius 2 is 1.86 bits per heavy atom. The Kier molecular flexibility index (Phi) is 6.77. The Balaban J connectivity index is 1.80. The molecule has 6 heteroatoms. The van der Waals surface area contributed by atoms with Gasteiger partial charge in [-0.15, -0.1) is 0 Å². The summed E-state index contributed by atoms with van der Waals surface area (Å²) >= 11 is 0. The van der Waals surface area contributed by atoms with E-state index in [0.717, 1.165) is 16.6 Å². The maximum absolute atomic E-state index is 12.0. The maximum atomic E-state index is 12.0. The summed E-state index contributed by atoms with van der Waals surface area (Å²) in [6.45, 7) is 4.39. The lowest BCUT2D eigenvalue weighted by Crippen LogP contribution is -2.08. The molecule has 0 unspecified atom stereocenters. The van der Waals surface area contributed by atoms with Gasteiger partial charge < -0.3 is 15.7 Å². The third kappa shape index (κ3) is 5.53. The average molecular weight is 388 g/mol. The third-order valence-corrected chi connectivity index (χ3v) is 4.40. The van der Waals surface area contributed by atoms with E-state index < -0.39 is 5.91 Å². The number of anilines is 3. The fraction of sp³-hybridized carbons (Fsp3) is 0.261. The van der Waals surface area contributed by atoms with Crippen molar-refractivity contribution >= 4 is 34.0 Å². The minimum Gasteiger partial charge on any atom is -0.396 e. The molecular formula is C23H24N4O2. The van der Waals surface area contributed by atoms with Gasteiger partial charge in [-0.25, -0.2) is 9.97 Å². The second-order valence-electron chi connectivity index (χ2n) is 6.94. The molecule has 2 aromatic carbocycles. The van der Waals surface area contributed by atoms with E-state index in [1.165, 1.54) is 11.9 Å². The van der Waals surface area contributed by atoms with Crippen LogP contribution in [-0.2, 0) is 4.79 Å². The molecule has 29 heavy (non-hydrogen) atoms. The van der Waals surface area contributed by atoms with Crippen LogP contribution in [0, 0.1) is 11.8 Å². The van der Waals surface area contributed by atoms with Crippen molar-refractivity contribution in [2.75, 3.05) is 17.2 Å². The van der Waals surface area contributed by atoms with Crippen LogP contribution in [0.25, 0.3) is 10.9 Å². The van der Waals surface area contributed by atoms with E-state index in [9.17, 15) is 4.79 Å². The van der Waals surface area contributed by atoms with E-state index in [0.29, 0.717) is 30.3 Å². The van der Waals surface area contributed by atoms with Gasteiger partial charge in [-0.2, -0.15) is 0 Å². The first-order valence-electron chi connectivity index (χ1n) is 9.59. The van der Waals surface area contributed by atoms with Crippen molar-refractivity contribution in [2.45, 2.75) is 32.6 Å². The van der Waals surface area contributed by atoms with Crippen LogP contribution in [0.4, 0.5) is 17.2 Å². The minimum atomic E-state index is -0.391. The van der Waals surface area contributed by atoms with Gasteiger partial charge in [0, 0.05) is 29.8 Å². The molecule has 0 aliphatic carbocycles. The third-order valence-electron chi connectivity index (χ3n) is 4.40. The number of fused-ring (bicyclic) bond motifs is 1. The van der Waals surface area contributed by atoms with Crippen LogP contribution >= 0.6 is 0 Å². The lowest BCUT2D eigenvalue weighted by atomic mass is 10.0. The van der Waals surface area contributed by atoms with Gasteiger partial charge in [0.1, 0.15) is 12.1 Å². The number of hydrogen-bond acceptors (Lipinski definition) is 5. The summed E-state index contributed by atoms with van der Waals surface area (Å²) in [5.74, 6) is 6.01. The number of rotatable bonds is 6. The fourth-order valence-electron chi connectivity index (χ4n) is 2.79. The minimum absolute atomic E-state index is 0.0664. The van der Waals surface area contributed by atoms with Crippen LogP contribution < -0.4 is 10.6 Å². The number of aromatic nitrogens is 2. The van der Waals surface area contributed by atoms with Crippen molar-refractivity contribution in [2.24, 2.45) is 0 Å². The molecule has 1 amide bonds. The molecular weight excluding hydrogens is 364 g/mol. The fourth-order valence-corrected chi connectivity index (χ4v) is 2.79. The van der Waals surface area contributed by atoms with Crippen molar-refractivity contribution < 1.29 is 9.90 Å². The highest BCUT2D eigenvalue weighted by atomic mass is 16.2. The Morgan fingerprint density at radius 3 is 2.59 bits per heavy atom. The highest BCUT2D eigenvalue weighted by molar-refractivity contribution is 6.05. The van der Waals surface area contributed by atoms with Crippen LogP contribution in [0.2, 0.25) is 0 Å². The molecule has 0 spiro atoms. The zero-order valence-corrected chi connectivity index (χ0v) is 16.6. The predicted molar refractivity (Wildman–Crippen MR) is 116 cm³/mol. The number of aliphatic hydroxyl groups is 1. The SMILES string of the molecule is CC(C)c1ccc(Nc2ncnc3ccc(NC(=O)C#CCCCO)cc23)cc1. The molecule has 0 saturated heterocycles. The second kappa shape index (κ2) is 9.67. The van der Waals surface area contributed by atoms with Gasteiger partial charge in [-0.05, 0) is 54.2 Å². The molecule has 0 atom stereocenters. The highest BCUT2D eigenvalue weighted by Crippen LogP contribution is 2.26. The van der Waals surface area contributed by atoms with Gasteiger partial charge >= 0.3 is 0 Å². The summed E-state index contributed by atoms with van der Waals surface area (Å²) < 4.78 is 0. The molecule has 3 rings (SSSR count). The van der Waals surface area contributed by atoms with Crippen molar-refractivity contribution in [3.05, 3.63) is 54.4 Å². The standard InChI is InChI=1S/C23H24N4O2/c1-16(2)17-7-9-18(10-8-17)27-23-20-14-19(11-12-21(20)24-15-25-23)26-22(29)6-4-3-5-13-28/h7-12,14-16,28H,3,5,13H2,1-2H3,(H,26,29)(H,24,25,27). The summed E-state index contributed by atoms with van der Waals surface area (Å²) in [5.41, 5.74) is 3.59. The lowest BCUT2D eigenvalue weighted by molar-refractivity contribution is -0.111. The van der Waals surface area contributed by atoms with Crippen molar-refractivity contribution in [1.82, 2.24) is 9.97 Å². The molecule has 0 aliphatic rings. The Hall–Kier alpha value is -3.43. The molecule has 0 aliphatic heterocycles. The van der Waals surface area contributed by atoms with Gasteiger partial charge in [0.2, 0.25) is 0 Å². The first-order valence-corrected chi connectivity index (χ1v) is 9.59. The van der Waals surface area contributed by atoms with Crippen LogP contribution in [-0.4, -0.2) is 27.6 Å². The number of carbonyl (C=O) groups is 1. The zero-order valence-electron chi connectivity index (χ0n) is 16.6. The molecule has 0 radical (unpaired) electrons. The van der Waals surface area contributed by atoms with Crippen molar-refractivity contribution in [3.63, 3.8) is 0 Å². The second-order valence-corrected chi connectivity index (χ2v) is 6.94. The molecule has 3 aromatic rings. The summed E-state index contributed by atoms with van der Waals surface area (Å²) in [6.07, 6.45) is 2.55. The van der Waals surface area contributed by atoms with Gasteiger partial charge in [-0.1, -0.05) is 31.9 Å². The molecule has 1 heterocycles. The quantitative estimate of drug-likeness (QED) is 0.435. The van der Waals surface area contributed by atoms with Crippen LogP contribution in [0.15, 0.2) is 48.8 Å². The number of amides is 1. The number of aliphatic hydroxyl groups excluding tert-OH is 1. The Bertz CT molecular complexity index is 1050. The van der Waals surface area contributed by atoms with E-state index in [4.69, 9.17) is 5.11 Å². The predicted octanol–water partition coefficient (Wildman–Crippen LogP) is 4.21. The number of carbonyl (C=O) groups excluding carboxylic acids is 1. The van der Waals surface area contributed by atoms with E-state index in [2.05, 4.69) is 58.4 Å². The molecule has 6 nitrogen and oxygen atoms in total. The smallest absolute Gasteiger partial charge is 0.300 e. The van der Waals surface area contributed by atoms with E-state index in [1.54, 1.807) is 6.07 Å². The normalized spacial score (nSPS) is 10.5. The number of unbranched alkanes of at least 4 members (excludes halogenated alkanes) is 1. The van der Waals surface area contributed by atoms with Crippen molar-refractivity contribution in [3.8, 4) is 11.8 Å². The molecule has 1 aromatic heterocycles. The Morgan fingerprint density at radius 1 is 1.10 bits per heavy atom. The molecule has 3 N–H and O–H groups in total. The Labute approximate surface area is 170 Å². The first kappa shape index (κ1) is 20.3. The summed E-state index contributed by atoms with van der Waals surface area (Å²) in [4.78, 5) is 20.6.